The summed E-state index contributed by atoms with van der Waals surface area (Å²) in [5.74, 6) is 0.0143. The Morgan fingerprint density at radius 2 is 1.97 bits per heavy atom. The van der Waals surface area contributed by atoms with Crippen LogP contribution in [0, 0.1) is 5.92 Å². The van der Waals surface area contributed by atoms with Crippen LogP contribution in [0.4, 0.5) is 4.79 Å². The van der Waals surface area contributed by atoms with Crippen molar-refractivity contribution >= 4 is 50.4 Å². The molecule has 1 aromatic carbocycles. The summed E-state index contributed by atoms with van der Waals surface area (Å²) in [7, 11) is 1.43. The van der Waals surface area contributed by atoms with Crippen LogP contribution in [0.5, 0.6) is 0 Å². The van der Waals surface area contributed by atoms with Gasteiger partial charge in [0.25, 0.3) is 0 Å². The second-order valence-electron chi connectivity index (χ2n) is 10.4. The summed E-state index contributed by atoms with van der Waals surface area (Å²) in [4.78, 5) is 23.9. The average molecular weight is 700 g/mol. The fourth-order valence-corrected chi connectivity index (χ4v) is 7.87. The van der Waals surface area contributed by atoms with Gasteiger partial charge in [0.2, 0.25) is 5.91 Å². The van der Waals surface area contributed by atoms with Crippen molar-refractivity contribution in [3.05, 3.63) is 46.0 Å². The Bertz CT molecular complexity index is 994. The first-order valence-electron chi connectivity index (χ1n) is 12.4. The van der Waals surface area contributed by atoms with Gasteiger partial charge in [-0.1, -0.05) is 39.7 Å². The highest BCUT2D eigenvalue weighted by atomic mass is 79.9. The number of epoxide rings is 1. The number of rotatable bonds is 10. The molecular weight excluding hydrogens is 662 g/mol. The van der Waals surface area contributed by atoms with E-state index in [9.17, 15) is 14.7 Å². The summed E-state index contributed by atoms with van der Waals surface area (Å²) in [6.45, 7) is 6.11. The molecule has 0 aromatic heterocycles. The van der Waals surface area contributed by atoms with Gasteiger partial charge in [0, 0.05) is 17.1 Å². The van der Waals surface area contributed by atoms with E-state index in [1.54, 1.807) is 7.11 Å². The summed E-state index contributed by atoms with van der Waals surface area (Å²) in [6.07, 6.45) is 3.66. The molecule has 11 heteroatoms. The van der Waals surface area contributed by atoms with Gasteiger partial charge in [0.15, 0.2) is 0 Å². The zero-order valence-electron chi connectivity index (χ0n) is 22.5. The van der Waals surface area contributed by atoms with E-state index in [0.29, 0.717) is 18.6 Å². The van der Waals surface area contributed by atoms with E-state index in [1.807, 2.05) is 32.9 Å². The van der Waals surface area contributed by atoms with Crippen molar-refractivity contribution in [3.63, 3.8) is 0 Å². The Labute approximate surface area is 252 Å². The number of hydrogen-bond donors (Lipinski definition) is 2. The molecule has 0 bridgehead atoms. The summed E-state index contributed by atoms with van der Waals surface area (Å²) < 4.78 is 18.8. The lowest BCUT2D eigenvalue weighted by molar-refractivity contribution is -0.170. The molecule has 3 rings (SSSR count). The van der Waals surface area contributed by atoms with Gasteiger partial charge in [-0.25, -0.2) is 4.79 Å². The van der Waals surface area contributed by atoms with Crippen LogP contribution in [0.3, 0.4) is 0 Å². The van der Waals surface area contributed by atoms with Crippen molar-refractivity contribution < 1.29 is 45.9 Å². The number of amides is 2. The number of imide groups is 1. The zero-order chi connectivity index (χ0) is 27.4. The molecule has 1 aromatic rings. The van der Waals surface area contributed by atoms with Gasteiger partial charge in [-0.15, -0.1) is 11.6 Å². The number of alkyl halides is 1. The highest BCUT2D eigenvalue weighted by Gasteiger charge is 2.68. The average Bonchev–Trinajstić information content (AvgIpc) is 3.49. The predicted octanol–water partition coefficient (Wildman–Crippen LogP) is 1.73. The minimum Gasteiger partial charge on any atom is -1.00 e. The molecule has 0 radical (unpaired) electrons. The second-order valence-corrected chi connectivity index (χ2v) is 13.8. The number of hydrogen-bond acceptors (Lipinski definition) is 6. The fraction of sp³-hybridized carbons (Fsp3) is 0.630. The van der Waals surface area contributed by atoms with E-state index in [4.69, 9.17) is 25.8 Å². The Morgan fingerprint density at radius 1 is 1.32 bits per heavy atom. The maximum absolute atomic E-state index is 12.4. The number of allylic oxidation sites excluding steroid dienone is 1. The number of methoxy groups -OCH3 is 1. The Morgan fingerprint density at radius 3 is 2.55 bits per heavy atom. The van der Waals surface area contributed by atoms with Gasteiger partial charge in [0.05, 0.1) is 18.3 Å². The quantitative estimate of drug-likeness (QED) is 0.167. The summed E-state index contributed by atoms with van der Waals surface area (Å²) >= 11 is 8.99. The van der Waals surface area contributed by atoms with Gasteiger partial charge in [-0.05, 0) is 63.1 Å². The van der Waals surface area contributed by atoms with Gasteiger partial charge in [-0.2, -0.15) is 0 Å². The van der Waals surface area contributed by atoms with Crippen LogP contribution in [-0.2, 0) is 35.7 Å². The third-order valence-corrected chi connectivity index (χ3v) is 9.78. The Hall–Kier alpha value is -0.620. The van der Waals surface area contributed by atoms with Crippen LogP contribution in [0.1, 0.15) is 45.6 Å². The molecule has 2 amide bonds. The lowest BCUT2D eigenvalue weighted by atomic mass is 9.66. The highest BCUT2D eigenvalue weighted by molar-refractivity contribution is 9.10. The highest BCUT2D eigenvalue weighted by Crippen LogP contribution is 2.55. The molecule has 7 atom stereocenters. The normalized spacial score (nSPS) is 30.9. The van der Waals surface area contributed by atoms with Crippen LogP contribution in [0.25, 0.3) is 0 Å². The van der Waals surface area contributed by atoms with Crippen molar-refractivity contribution in [2.75, 3.05) is 25.0 Å². The topological polar surface area (TPSA) is 97.4 Å². The SMILES string of the molecule is CO[C@@H]1[C@H](OC(=O)NC(=O)CCl)CC[C@](O)(C[S+](C)Cc2ccc(Br)cc2)[C@H]1[C@@]1(C)O[C@@H]1CC=C(C)C.[Br-]. The Balaban J connectivity index is 0.00000507. The smallest absolute Gasteiger partial charge is 0.414 e. The maximum Gasteiger partial charge on any atom is 0.414 e. The van der Waals surface area contributed by atoms with E-state index in [-0.39, 0.29) is 39.9 Å². The standard InChI is InChI=1S/C27H37BrClNO6S.BrH/c1-17(2)6-11-21-26(3,36-21)24-23(34-4)20(35-25(32)30-22(31)14-29)12-13-27(24,33)16-37(5)15-18-7-9-19(28)10-8-18;/h6-10,20-21,23-24,33H,11-16H2,1-5H3;1H/t20-,21-,23-,24-,26+,27+,37?;/m1./s1. The number of aliphatic hydroxyl groups is 1. The molecule has 1 heterocycles. The van der Waals surface area contributed by atoms with Crippen LogP contribution in [-0.4, -0.2) is 71.6 Å². The number of halogens is 3. The van der Waals surface area contributed by atoms with E-state index >= 15 is 0 Å². The first kappa shape index (κ1) is 33.6. The van der Waals surface area contributed by atoms with Crippen LogP contribution < -0.4 is 22.3 Å². The molecule has 2 aliphatic rings. The fourth-order valence-electron chi connectivity index (χ4n) is 5.50. The van der Waals surface area contributed by atoms with Gasteiger partial charge >= 0.3 is 6.09 Å². The van der Waals surface area contributed by atoms with Crippen molar-refractivity contribution in [1.82, 2.24) is 5.32 Å². The van der Waals surface area contributed by atoms with Crippen molar-refractivity contribution in [2.24, 2.45) is 5.92 Å². The molecule has 1 saturated carbocycles. The molecule has 1 aliphatic heterocycles. The number of alkyl carbamates (subject to hydrolysis) is 1. The summed E-state index contributed by atoms with van der Waals surface area (Å²) in [5.41, 5.74) is 0.690. The third-order valence-electron chi connectivity index (χ3n) is 7.19. The van der Waals surface area contributed by atoms with Gasteiger partial charge in [-0.3, -0.25) is 10.1 Å². The lowest BCUT2D eigenvalue weighted by Crippen LogP contribution is -3.00. The lowest BCUT2D eigenvalue weighted by Gasteiger charge is -2.48. The number of nitrogens with one attached hydrogen (secondary N) is 1. The molecule has 7 nitrogen and oxygen atoms in total. The molecule has 1 saturated heterocycles. The minimum atomic E-state index is -1.08. The third kappa shape index (κ3) is 8.44. The van der Waals surface area contributed by atoms with Crippen LogP contribution in [0.2, 0.25) is 0 Å². The first-order valence-corrected chi connectivity index (χ1v) is 15.7. The summed E-state index contributed by atoms with van der Waals surface area (Å²) in [5, 5.41) is 14.4. The Kier molecular flexibility index (Phi) is 12.7. The number of carbonyl (C=O) groups excluding carboxylic acids is 2. The molecule has 0 spiro atoms. The van der Waals surface area contributed by atoms with Crippen molar-refractivity contribution in [3.8, 4) is 0 Å². The van der Waals surface area contributed by atoms with Crippen molar-refractivity contribution in [1.29, 1.82) is 0 Å². The molecule has 1 unspecified atom stereocenters. The molecule has 1 aliphatic carbocycles. The van der Waals surface area contributed by atoms with Crippen LogP contribution in [0.15, 0.2) is 40.4 Å². The maximum atomic E-state index is 12.4. The van der Waals surface area contributed by atoms with Gasteiger partial charge < -0.3 is 36.3 Å². The molecule has 2 fully saturated rings. The zero-order valence-corrected chi connectivity index (χ0v) is 27.2. The molecule has 2 N–H and O–H groups in total. The molecule has 38 heavy (non-hydrogen) atoms. The first-order chi connectivity index (χ1) is 17.4. The largest absolute Gasteiger partial charge is 1.00 e. The predicted molar refractivity (Wildman–Crippen MR) is 151 cm³/mol. The van der Waals surface area contributed by atoms with E-state index in [0.717, 1.165) is 16.6 Å². The monoisotopic (exact) mass is 697 g/mol. The van der Waals surface area contributed by atoms with E-state index < -0.39 is 41.3 Å². The van der Waals surface area contributed by atoms with Gasteiger partial charge in [0.1, 0.15) is 40.8 Å². The minimum absolute atomic E-state index is 0. The summed E-state index contributed by atoms with van der Waals surface area (Å²) in [6, 6.07) is 8.25. The molecular formula is C27H38Br2ClNO6S. The number of ether oxygens (including phenoxy) is 3. The molecule has 214 valence electrons. The van der Waals surface area contributed by atoms with E-state index in [1.165, 1.54) is 11.1 Å². The number of benzene rings is 1. The van der Waals surface area contributed by atoms with Crippen LogP contribution >= 0.6 is 27.5 Å². The number of carbonyl (C=O) groups is 2. The van der Waals surface area contributed by atoms with E-state index in [2.05, 4.69) is 45.7 Å². The second kappa shape index (κ2) is 14.3. The van der Waals surface area contributed by atoms with Crippen molar-refractivity contribution in [2.45, 2.75) is 75.3 Å².